The second-order valence-corrected chi connectivity index (χ2v) is 6.92. The molecule has 7 heteroatoms. The number of aryl methyl sites for hydroxylation is 2. The topological polar surface area (TPSA) is 87.8 Å². The standard InChI is InChI=1S/C11H16N4O2S/c1-8-10(7-12)11(15(2)14-8)13-9-3-5-18(16,17)6-4-9/h9,13H,3-6H2,1-2H3. The number of nitrogens with one attached hydrogen (secondary N) is 1. The number of sulfone groups is 1. The molecule has 1 fully saturated rings. The van der Waals surface area contributed by atoms with Gasteiger partial charge in [0.15, 0.2) is 0 Å². The Morgan fingerprint density at radius 1 is 1.44 bits per heavy atom. The van der Waals surface area contributed by atoms with Crippen molar-refractivity contribution in [2.45, 2.75) is 25.8 Å². The van der Waals surface area contributed by atoms with Crippen LogP contribution < -0.4 is 5.32 Å². The maximum absolute atomic E-state index is 11.3. The fourth-order valence-corrected chi connectivity index (χ4v) is 3.68. The fourth-order valence-electron chi connectivity index (χ4n) is 2.19. The average molecular weight is 268 g/mol. The molecule has 0 saturated carbocycles. The van der Waals surface area contributed by atoms with E-state index in [1.54, 1.807) is 18.7 Å². The Hall–Kier alpha value is -1.55. The van der Waals surface area contributed by atoms with E-state index in [1.165, 1.54) is 0 Å². The molecule has 0 unspecified atom stereocenters. The molecule has 2 rings (SSSR count). The van der Waals surface area contributed by atoms with Crippen LogP contribution in [-0.4, -0.2) is 35.7 Å². The van der Waals surface area contributed by atoms with Crippen molar-refractivity contribution in [1.82, 2.24) is 9.78 Å². The molecule has 1 aliphatic heterocycles. The molecule has 0 aliphatic carbocycles. The van der Waals surface area contributed by atoms with Crippen LogP contribution in [-0.2, 0) is 16.9 Å². The van der Waals surface area contributed by atoms with Crippen LogP contribution in [0, 0.1) is 18.3 Å². The van der Waals surface area contributed by atoms with E-state index < -0.39 is 9.84 Å². The number of rotatable bonds is 2. The number of nitriles is 1. The number of aromatic nitrogens is 2. The third-order valence-corrected chi connectivity index (χ3v) is 4.94. The van der Waals surface area contributed by atoms with Crippen LogP contribution >= 0.6 is 0 Å². The summed E-state index contributed by atoms with van der Waals surface area (Å²) in [5.41, 5.74) is 1.22. The van der Waals surface area contributed by atoms with E-state index in [4.69, 9.17) is 5.26 Å². The first kappa shape index (κ1) is 12.9. The zero-order valence-corrected chi connectivity index (χ0v) is 11.3. The molecule has 0 spiro atoms. The summed E-state index contributed by atoms with van der Waals surface area (Å²) in [5, 5.41) is 16.5. The first-order chi connectivity index (χ1) is 8.43. The molecule has 2 heterocycles. The maximum Gasteiger partial charge on any atom is 0.150 e. The molecule has 1 saturated heterocycles. The second-order valence-electron chi connectivity index (χ2n) is 4.61. The number of anilines is 1. The Morgan fingerprint density at radius 3 is 2.61 bits per heavy atom. The van der Waals surface area contributed by atoms with Crippen molar-refractivity contribution in [3.8, 4) is 6.07 Å². The van der Waals surface area contributed by atoms with Crippen LogP contribution in [0.2, 0.25) is 0 Å². The zero-order chi connectivity index (χ0) is 13.3. The lowest BCUT2D eigenvalue weighted by Gasteiger charge is -2.24. The van der Waals surface area contributed by atoms with Crippen LogP contribution in [0.4, 0.5) is 5.82 Å². The Kier molecular flexibility index (Phi) is 3.30. The van der Waals surface area contributed by atoms with Crippen molar-refractivity contribution in [2.24, 2.45) is 7.05 Å². The van der Waals surface area contributed by atoms with E-state index in [0.717, 1.165) is 0 Å². The first-order valence-electron chi connectivity index (χ1n) is 5.83. The third-order valence-electron chi connectivity index (χ3n) is 3.23. The summed E-state index contributed by atoms with van der Waals surface area (Å²) in [5.74, 6) is 1.10. The van der Waals surface area contributed by atoms with Crippen LogP contribution in [0.25, 0.3) is 0 Å². The summed E-state index contributed by atoms with van der Waals surface area (Å²) in [7, 11) is -1.08. The smallest absolute Gasteiger partial charge is 0.150 e. The quantitative estimate of drug-likeness (QED) is 0.848. The predicted octanol–water partition coefficient (Wildman–Crippen LogP) is 0.589. The lowest BCUT2D eigenvalue weighted by Crippen LogP contribution is -2.32. The monoisotopic (exact) mass is 268 g/mol. The molecule has 1 aromatic heterocycles. The summed E-state index contributed by atoms with van der Waals surface area (Å²) < 4.78 is 24.3. The highest BCUT2D eigenvalue weighted by Crippen LogP contribution is 2.22. The van der Waals surface area contributed by atoms with Gasteiger partial charge in [-0.25, -0.2) is 8.42 Å². The van der Waals surface area contributed by atoms with Crippen molar-refractivity contribution in [3.63, 3.8) is 0 Å². The van der Waals surface area contributed by atoms with Gasteiger partial charge in [0.1, 0.15) is 27.3 Å². The Morgan fingerprint density at radius 2 is 2.06 bits per heavy atom. The van der Waals surface area contributed by atoms with Gasteiger partial charge in [-0.15, -0.1) is 0 Å². The number of hydrogen-bond acceptors (Lipinski definition) is 5. The summed E-state index contributed by atoms with van der Waals surface area (Å²) in [6.45, 7) is 1.79. The maximum atomic E-state index is 11.3. The molecular weight excluding hydrogens is 252 g/mol. The molecule has 1 N–H and O–H groups in total. The summed E-state index contributed by atoms with van der Waals surface area (Å²) in [6.07, 6.45) is 1.16. The van der Waals surface area contributed by atoms with E-state index in [1.807, 2.05) is 0 Å². The van der Waals surface area contributed by atoms with Gasteiger partial charge in [0.2, 0.25) is 0 Å². The van der Waals surface area contributed by atoms with Gasteiger partial charge in [-0.3, -0.25) is 4.68 Å². The van der Waals surface area contributed by atoms with Crippen LogP contribution in [0.5, 0.6) is 0 Å². The molecule has 0 radical (unpaired) electrons. The van der Waals surface area contributed by atoms with Gasteiger partial charge in [0.05, 0.1) is 17.2 Å². The van der Waals surface area contributed by atoms with Gasteiger partial charge in [-0.1, -0.05) is 0 Å². The van der Waals surface area contributed by atoms with E-state index in [2.05, 4.69) is 16.5 Å². The molecule has 18 heavy (non-hydrogen) atoms. The van der Waals surface area contributed by atoms with Gasteiger partial charge in [0.25, 0.3) is 0 Å². The van der Waals surface area contributed by atoms with Gasteiger partial charge >= 0.3 is 0 Å². The SMILES string of the molecule is Cc1nn(C)c(NC2CCS(=O)(=O)CC2)c1C#N. The van der Waals surface area contributed by atoms with E-state index in [0.29, 0.717) is 29.9 Å². The molecule has 0 amide bonds. The van der Waals surface area contributed by atoms with Crippen molar-refractivity contribution < 1.29 is 8.42 Å². The highest BCUT2D eigenvalue weighted by atomic mass is 32.2. The van der Waals surface area contributed by atoms with Crippen LogP contribution in [0.15, 0.2) is 0 Å². The minimum Gasteiger partial charge on any atom is -0.366 e. The molecule has 0 bridgehead atoms. The highest BCUT2D eigenvalue weighted by molar-refractivity contribution is 7.91. The average Bonchev–Trinajstić information content (AvgIpc) is 2.56. The first-order valence-corrected chi connectivity index (χ1v) is 7.66. The number of hydrogen-bond donors (Lipinski definition) is 1. The van der Waals surface area contributed by atoms with Crippen molar-refractivity contribution in [3.05, 3.63) is 11.3 Å². The van der Waals surface area contributed by atoms with Crippen molar-refractivity contribution >= 4 is 15.7 Å². The molecule has 1 aliphatic rings. The lowest BCUT2D eigenvalue weighted by atomic mass is 10.1. The van der Waals surface area contributed by atoms with Crippen molar-refractivity contribution in [1.29, 1.82) is 5.26 Å². The molecule has 0 aromatic carbocycles. The Bertz CT molecular complexity index is 583. The molecule has 0 atom stereocenters. The normalized spacial score (nSPS) is 19.4. The second kappa shape index (κ2) is 4.61. The molecule has 6 nitrogen and oxygen atoms in total. The van der Waals surface area contributed by atoms with Crippen molar-refractivity contribution in [2.75, 3.05) is 16.8 Å². The summed E-state index contributed by atoms with van der Waals surface area (Å²) in [6, 6.07) is 2.22. The highest BCUT2D eigenvalue weighted by Gasteiger charge is 2.25. The van der Waals surface area contributed by atoms with Gasteiger partial charge in [-0.05, 0) is 19.8 Å². The van der Waals surface area contributed by atoms with Gasteiger partial charge in [-0.2, -0.15) is 10.4 Å². The Balaban J connectivity index is 2.14. The predicted molar refractivity (Wildman–Crippen MR) is 68.0 cm³/mol. The molecule has 1 aromatic rings. The summed E-state index contributed by atoms with van der Waals surface area (Å²) >= 11 is 0. The molecular formula is C11H16N4O2S. The van der Waals surface area contributed by atoms with Gasteiger partial charge < -0.3 is 5.32 Å². The minimum absolute atomic E-state index is 0.0930. The van der Waals surface area contributed by atoms with Crippen LogP contribution in [0.1, 0.15) is 24.1 Å². The largest absolute Gasteiger partial charge is 0.366 e. The van der Waals surface area contributed by atoms with E-state index in [-0.39, 0.29) is 17.5 Å². The lowest BCUT2D eigenvalue weighted by molar-refractivity contribution is 0.557. The third kappa shape index (κ3) is 2.48. The van der Waals surface area contributed by atoms with E-state index >= 15 is 0 Å². The number of nitrogens with zero attached hydrogens (tertiary/aromatic N) is 3. The Labute approximate surface area is 107 Å². The minimum atomic E-state index is -2.86. The zero-order valence-electron chi connectivity index (χ0n) is 10.5. The summed E-state index contributed by atoms with van der Waals surface area (Å²) in [4.78, 5) is 0. The molecule has 98 valence electrons. The van der Waals surface area contributed by atoms with Crippen LogP contribution in [0.3, 0.4) is 0 Å². The fraction of sp³-hybridized carbons (Fsp3) is 0.636. The van der Waals surface area contributed by atoms with E-state index in [9.17, 15) is 8.42 Å². The van der Waals surface area contributed by atoms with Gasteiger partial charge in [0, 0.05) is 13.1 Å².